The molecule has 0 radical (unpaired) electrons. The van der Waals surface area contributed by atoms with E-state index in [1.54, 1.807) is 25.0 Å². The third-order valence-corrected chi connectivity index (χ3v) is 4.21. The molecule has 0 aromatic carbocycles. The standard InChI is InChI=1S/C10H9N7OS2/c1-17-4-6(13-16-17)9(18)12-3-8-14-15-10(20-8)7-2-11-5-19-7/h2,4-5H,3H2,1H3,(H,12,18). The Kier molecular flexibility index (Phi) is 3.48. The topological polar surface area (TPSA) is 98.5 Å². The number of nitrogens with one attached hydrogen (secondary N) is 1. The molecular formula is C10H9N7OS2. The van der Waals surface area contributed by atoms with Crippen molar-refractivity contribution >= 4 is 28.6 Å². The molecule has 0 unspecified atom stereocenters. The third-order valence-electron chi connectivity index (χ3n) is 2.35. The Morgan fingerprint density at radius 3 is 3.00 bits per heavy atom. The van der Waals surface area contributed by atoms with Gasteiger partial charge in [0.15, 0.2) is 10.7 Å². The minimum atomic E-state index is -0.285. The number of nitrogens with zero attached hydrogens (tertiary/aromatic N) is 6. The second-order valence-electron chi connectivity index (χ2n) is 3.83. The van der Waals surface area contributed by atoms with Gasteiger partial charge in [-0.2, -0.15) is 0 Å². The molecule has 3 aromatic heterocycles. The van der Waals surface area contributed by atoms with Crippen molar-refractivity contribution < 1.29 is 4.79 Å². The van der Waals surface area contributed by atoms with Crippen molar-refractivity contribution in [2.75, 3.05) is 0 Å². The van der Waals surface area contributed by atoms with Gasteiger partial charge in [0, 0.05) is 13.2 Å². The number of hydrogen-bond donors (Lipinski definition) is 1. The van der Waals surface area contributed by atoms with E-state index in [4.69, 9.17) is 0 Å². The zero-order valence-corrected chi connectivity index (χ0v) is 12.0. The van der Waals surface area contributed by atoms with Crippen molar-refractivity contribution in [1.82, 2.24) is 35.5 Å². The first-order valence-corrected chi connectivity index (χ1v) is 7.28. The van der Waals surface area contributed by atoms with Crippen LogP contribution < -0.4 is 5.32 Å². The molecule has 0 saturated heterocycles. The third kappa shape index (κ3) is 2.70. The largest absolute Gasteiger partial charge is 0.344 e. The SMILES string of the molecule is Cn1cc(C(=O)NCc2nnc(-c3cncs3)s2)nn1. The van der Waals surface area contributed by atoms with Crippen LogP contribution in [0.4, 0.5) is 0 Å². The van der Waals surface area contributed by atoms with E-state index in [1.165, 1.54) is 27.4 Å². The normalized spacial score (nSPS) is 10.7. The van der Waals surface area contributed by atoms with E-state index >= 15 is 0 Å². The fourth-order valence-electron chi connectivity index (χ4n) is 1.44. The van der Waals surface area contributed by atoms with Crippen LogP contribution in [0.3, 0.4) is 0 Å². The maximum absolute atomic E-state index is 11.8. The lowest BCUT2D eigenvalue weighted by atomic mass is 10.4. The number of aromatic nitrogens is 6. The molecule has 0 saturated carbocycles. The minimum Gasteiger partial charge on any atom is -0.344 e. The molecule has 20 heavy (non-hydrogen) atoms. The van der Waals surface area contributed by atoms with Crippen LogP contribution in [0.1, 0.15) is 15.5 Å². The van der Waals surface area contributed by atoms with Crippen molar-refractivity contribution in [2.24, 2.45) is 7.05 Å². The van der Waals surface area contributed by atoms with E-state index in [-0.39, 0.29) is 11.6 Å². The zero-order valence-electron chi connectivity index (χ0n) is 10.3. The maximum atomic E-state index is 11.8. The molecule has 3 heterocycles. The first kappa shape index (κ1) is 12.8. The average Bonchev–Trinajstić information content (AvgIpc) is 3.16. The summed E-state index contributed by atoms with van der Waals surface area (Å²) in [5, 5.41) is 19.8. The van der Waals surface area contributed by atoms with Gasteiger partial charge < -0.3 is 5.32 Å². The van der Waals surface area contributed by atoms with E-state index in [1.807, 2.05) is 0 Å². The molecule has 0 aliphatic heterocycles. The maximum Gasteiger partial charge on any atom is 0.273 e. The molecule has 0 spiro atoms. The van der Waals surface area contributed by atoms with Crippen molar-refractivity contribution in [3.8, 4) is 9.88 Å². The van der Waals surface area contributed by atoms with Crippen molar-refractivity contribution in [2.45, 2.75) is 6.54 Å². The molecule has 0 aliphatic rings. The highest BCUT2D eigenvalue weighted by Crippen LogP contribution is 2.26. The van der Waals surface area contributed by atoms with Crippen molar-refractivity contribution in [3.05, 3.63) is 28.6 Å². The second-order valence-corrected chi connectivity index (χ2v) is 5.78. The van der Waals surface area contributed by atoms with Gasteiger partial charge in [-0.3, -0.25) is 14.5 Å². The predicted octanol–water partition coefficient (Wildman–Crippen LogP) is 0.720. The number of rotatable bonds is 4. The molecule has 0 bridgehead atoms. The zero-order chi connectivity index (χ0) is 13.9. The number of carbonyl (C=O) groups excluding carboxylic acids is 1. The van der Waals surface area contributed by atoms with Crippen LogP contribution in [-0.4, -0.2) is 36.1 Å². The number of aryl methyl sites for hydroxylation is 1. The minimum absolute atomic E-state index is 0.277. The van der Waals surface area contributed by atoms with E-state index in [2.05, 4.69) is 30.8 Å². The molecule has 1 N–H and O–H groups in total. The van der Waals surface area contributed by atoms with Crippen LogP contribution in [-0.2, 0) is 13.6 Å². The Hall–Kier alpha value is -2.20. The molecule has 0 aliphatic carbocycles. The molecule has 0 fully saturated rings. The summed E-state index contributed by atoms with van der Waals surface area (Å²) in [6, 6.07) is 0. The van der Waals surface area contributed by atoms with Gasteiger partial charge in [0.2, 0.25) is 0 Å². The fraction of sp³-hybridized carbons (Fsp3) is 0.200. The number of thiazole rings is 1. The summed E-state index contributed by atoms with van der Waals surface area (Å²) < 4.78 is 1.47. The predicted molar refractivity (Wildman–Crippen MR) is 73.2 cm³/mol. The summed E-state index contributed by atoms with van der Waals surface area (Å²) >= 11 is 2.93. The number of hydrogen-bond acceptors (Lipinski definition) is 8. The van der Waals surface area contributed by atoms with Gasteiger partial charge in [-0.15, -0.1) is 26.6 Å². The van der Waals surface area contributed by atoms with Crippen molar-refractivity contribution in [1.29, 1.82) is 0 Å². The van der Waals surface area contributed by atoms with Crippen molar-refractivity contribution in [3.63, 3.8) is 0 Å². The van der Waals surface area contributed by atoms with Gasteiger partial charge >= 0.3 is 0 Å². The molecule has 1 amide bonds. The van der Waals surface area contributed by atoms with Gasteiger partial charge in [-0.1, -0.05) is 16.6 Å². The average molecular weight is 307 g/mol. The van der Waals surface area contributed by atoms with E-state index in [9.17, 15) is 4.79 Å². The highest BCUT2D eigenvalue weighted by molar-refractivity contribution is 7.20. The second kappa shape index (κ2) is 5.43. The Bertz CT molecular complexity index is 718. The summed E-state index contributed by atoms with van der Waals surface area (Å²) in [5.74, 6) is -0.285. The fourth-order valence-corrected chi connectivity index (χ4v) is 2.90. The number of amides is 1. The lowest BCUT2D eigenvalue weighted by Gasteiger charge is -1.97. The number of carbonyl (C=O) groups is 1. The van der Waals surface area contributed by atoms with Crippen LogP contribution in [0.25, 0.3) is 9.88 Å². The lowest BCUT2D eigenvalue weighted by molar-refractivity contribution is 0.0945. The summed E-state index contributed by atoms with van der Waals surface area (Å²) in [6.45, 7) is 0.311. The molecule has 10 heteroatoms. The van der Waals surface area contributed by atoms with E-state index in [0.717, 1.165) is 14.9 Å². The van der Waals surface area contributed by atoms with Crippen LogP contribution >= 0.6 is 22.7 Å². The Labute approximate surface area is 121 Å². The van der Waals surface area contributed by atoms with Gasteiger partial charge in [0.25, 0.3) is 5.91 Å². The first-order valence-electron chi connectivity index (χ1n) is 5.58. The highest BCUT2D eigenvalue weighted by atomic mass is 32.1. The molecule has 8 nitrogen and oxygen atoms in total. The van der Waals surface area contributed by atoms with E-state index < -0.39 is 0 Å². The summed E-state index contributed by atoms with van der Waals surface area (Å²) in [6.07, 6.45) is 3.30. The summed E-state index contributed by atoms with van der Waals surface area (Å²) in [5.41, 5.74) is 2.02. The molecule has 3 rings (SSSR count). The van der Waals surface area contributed by atoms with Gasteiger partial charge in [-0.25, -0.2) is 0 Å². The van der Waals surface area contributed by atoms with Crippen LogP contribution in [0.2, 0.25) is 0 Å². The molecule has 3 aromatic rings. The molecule has 0 atom stereocenters. The van der Waals surface area contributed by atoms with Gasteiger partial charge in [0.05, 0.1) is 23.1 Å². The Morgan fingerprint density at radius 2 is 2.30 bits per heavy atom. The van der Waals surface area contributed by atoms with Gasteiger partial charge in [-0.05, 0) is 0 Å². The van der Waals surface area contributed by atoms with E-state index in [0.29, 0.717) is 6.54 Å². The summed E-state index contributed by atoms with van der Waals surface area (Å²) in [4.78, 5) is 16.7. The Morgan fingerprint density at radius 1 is 1.40 bits per heavy atom. The summed E-state index contributed by atoms with van der Waals surface area (Å²) in [7, 11) is 1.70. The van der Waals surface area contributed by atoms with Gasteiger partial charge in [0.1, 0.15) is 5.01 Å². The molecule has 102 valence electrons. The highest BCUT2D eigenvalue weighted by Gasteiger charge is 2.12. The monoisotopic (exact) mass is 307 g/mol. The smallest absolute Gasteiger partial charge is 0.273 e. The quantitative estimate of drug-likeness (QED) is 0.762. The first-order chi connectivity index (χ1) is 9.72. The van der Waals surface area contributed by atoms with Crippen LogP contribution in [0.15, 0.2) is 17.9 Å². The van der Waals surface area contributed by atoms with Crippen LogP contribution in [0, 0.1) is 0 Å². The van der Waals surface area contributed by atoms with Crippen LogP contribution in [0.5, 0.6) is 0 Å². The Balaban J connectivity index is 1.63. The molecular weight excluding hydrogens is 298 g/mol. The lowest BCUT2D eigenvalue weighted by Crippen LogP contribution is -2.23.